The van der Waals surface area contributed by atoms with E-state index in [1.165, 1.54) is 6.20 Å². The van der Waals surface area contributed by atoms with Crippen LogP contribution in [-0.2, 0) is 13.6 Å². The molecule has 0 radical (unpaired) electrons. The Labute approximate surface area is 158 Å². The van der Waals surface area contributed by atoms with Crippen molar-refractivity contribution in [3.63, 3.8) is 0 Å². The van der Waals surface area contributed by atoms with Gasteiger partial charge >= 0.3 is 0 Å². The van der Waals surface area contributed by atoms with E-state index in [4.69, 9.17) is 4.74 Å². The van der Waals surface area contributed by atoms with Gasteiger partial charge in [-0.25, -0.2) is 4.98 Å². The molecule has 27 heavy (non-hydrogen) atoms. The van der Waals surface area contributed by atoms with Gasteiger partial charge in [-0.05, 0) is 23.6 Å². The molecular formula is C20H23N5O2. The summed E-state index contributed by atoms with van der Waals surface area (Å²) in [6.07, 6.45) is 6.91. The lowest BCUT2D eigenvalue weighted by Gasteiger charge is -2.10. The highest BCUT2D eigenvalue weighted by molar-refractivity contribution is 5.93. The molecule has 0 saturated carbocycles. The van der Waals surface area contributed by atoms with E-state index in [1.807, 2.05) is 25.4 Å². The standard InChI is InChI=1S/C20H23N5O2/c1-14(2)13-27-18-7-6-16(10-22-18)20(26)23-9-15-5-4-8-21-19(15)17-11-24-25(3)12-17/h4-8,10-12,14H,9,13H2,1-3H3,(H,23,26). The number of aromatic nitrogens is 4. The molecule has 140 valence electrons. The third-order valence-corrected chi connectivity index (χ3v) is 3.87. The number of rotatable bonds is 7. The Hall–Kier alpha value is -3.22. The molecule has 1 amide bonds. The quantitative estimate of drug-likeness (QED) is 0.696. The molecule has 0 saturated heterocycles. The number of aryl methyl sites for hydroxylation is 1. The second kappa shape index (κ2) is 8.44. The van der Waals surface area contributed by atoms with Crippen LogP contribution in [0, 0.1) is 5.92 Å². The van der Waals surface area contributed by atoms with E-state index in [0.29, 0.717) is 30.5 Å². The van der Waals surface area contributed by atoms with Crippen molar-refractivity contribution in [1.82, 2.24) is 25.1 Å². The van der Waals surface area contributed by atoms with Crippen LogP contribution in [0.25, 0.3) is 11.3 Å². The molecule has 3 rings (SSSR count). The summed E-state index contributed by atoms with van der Waals surface area (Å²) < 4.78 is 7.26. The molecule has 0 spiro atoms. The topological polar surface area (TPSA) is 81.9 Å². The van der Waals surface area contributed by atoms with Crippen molar-refractivity contribution in [3.8, 4) is 17.1 Å². The first-order chi connectivity index (χ1) is 13.0. The Morgan fingerprint density at radius 3 is 2.74 bits per heavy atom. The smallest absolute Gasteiger partial charge is 0.253 e. The number of hydrogen-bond donors (Lipinski definition) is 1. The summed E-state index contributed by atoms with van der Waals surface area (Å²) in [4.78, 5) is 21.0. The Morgan fingerprint density at radius 2 is 2.07 bits per heavy atom. The summed E-state index contributed by atoms with van der Waals surface area (Å²) in [7, 11) is 1.86. The van der Waals surface area contributed by atoms with Gasteiger partial charge in [-0.15, -0.1) is 0 Å². The van der Waals surface area contributed by atoms with Crippen LogP contribution in [0.3, 0.4) is 0 Å². The largest absolute Gasteiger partial charge is 0.477 e. The fraction of sp³-hybridized carbons (Fsp3) is 0.300. The van der Waals surface area contributed by atoms with E-state index < -0.39 is 0 Å². The number of carbonyl (C=O) groups is 1. The number of amides is 1. The minimum Gasteiger partial charge on any atom is -0.477 e. The number of pyridine rings is 2. The van der Waals surface area contributed by atoms with Crippen molar-refractivity contribution in [2.24, 2.45) is 13.0 Å². The summed E-state index contributed by atoms with van der Waals surface area (Å²) in [5.41, 5.74) is 3.12. The Balaban J connectivity index is 1.64. The van der Waals surface area contributed by atoms with Gasteiger partial charge in [0.25, 0.3) is 5.91 Å². The van der Waals surface area contributed by atoms with Crippen molar-refractivity contribution in [2.75, 3.05) is 6.61 Å². The molecule has 3 aromatic heterocycles. The SMILES string of the molecule is CC(C)COc1ccc(C(=O)NCc2cccnc2-c2cnn(C)c2)cn1. The lowest BCUT2D eigenvalue weighted by molar-refractivity contribution is 0.0950. The Kier molecular flexibility index (Phi) is 5.80. The molecule has 3 heterocycles. The van der Waals surface area contributed by atoms with Crippen LogP contribution in [0.15, 0.2) is 49.1 Å². The molecule has 0 bridgehead atoms. The summed E-state index contributed by atoms with van der Waals surface area (Å²) in [5, 5.41) is 7.10. The maximum absolute atomic E-state index is 12.4. The van der Waals surface area contributed by atoms with E-state index in [2.05, 4.69) is 34.2 Å². The predicted octanol–water partition coefficient (Wildman–Crippen LogP) is 2.84. The monoisotopic (exact) mass is 365 g/mol. The second-order valence-electron chi connectivity index (χ2n) is 6.69. The Morgan fingerprint density at radius 1 is 1.22 bits per heavy atom. The number of ether oxygens (including phenoxy) is 1. The summed E-state index contributed by atoms with van der Waals surface area (Å²) in [5.74, 6) is 0.744. The number of hydrogen-bond acceptors (Lipinski definition) is 5. The minimum absolute atomic E-state index is 0.195. The number of nitrogens with zero attached hydrogens (tertiary/aromatic N) is 4. The molecule has 0 unspecified atom stereocenters. The zero-order chi connectivity index (χ0) is 19.2. The van der Waals surface area contributed by atoms with Crippen LogP contribution in [0.4, 0.5) is 0 Å². The van der Waals surface area contributed by atoms with E-state index >= 15 is 0 Å². The van der Waals surface area contributed by atoms with Crippen molar-refractivity contribution in [1.29, 1.82) is 0 Å². The molecule has 3 aromatic rings. The molecule has 0 atom stereocenters. The van der Waals surface area contributed by atoms with E-state index in [1.54, 1.807) is 29.2 Å². The van der Waals surface area contributed by atoms with Gasteiger partial charge in [0, 0.05) is 43.8 Å². The lowest BCUT2D eigenvalue weighted by atomic mass is 10.1. The van der Waals surface area contributed by atoms with Crippen LogP contribution in [0.2, 0.25) is 0 Å². The molecule has 7 heteroatoms. The molecular weight excluding hydrogens is 342 g/mol. The van der Waals surface area contributed by atoms with Crippen molar-refractivity contribution < 1.29 is 9.53 Å². The maximum atomic E-state index is 12.4. The van der Waals surface area contributed by atoms with Crippen molar-refractivity contribution in [2.45, 2.75) is 20.4 Å². The third kappa shape index (κ3) is 4.91. The van der Waals surface area contributed by atoms with Gasteiger partial charge in [0.2, 0.25) is 5.88 Å². The minimum atomic E-state index is -0.195. The molecule has 7 nitrogen and oxygen atoms in total. The van der Waals surface area contributed by atoms with Crippen LogP contribution in [0.1, 0.15) is 29.8 Å². The normalized spacial score (nSPS) is 10.8. The summed E-state index contributed by atoms with van der Waals surface area (Å²) in [6, 6.07) is 7.21. The van der Waals surface area contributed by atoms with Crippen LogP contribution in [-0.4, -0.2) is 32.3 Å². The van der Waals surface area contributed by atoms with Gasteiger partial charge in [0.15, 0.2) is 0 Å². The predicted molar refractivity (Wildman–Crippen MR) is 102 cm³/mol. The molecule has 0 aliphatic carbocycles. The van der Waals surface area contributed by atoms with Gasteiger partial charge in [-0.2, -0.15) is 5.10 Å². The van der Waals surface area contributed by atoms with Gasteiger partial charge in [0.05, 0.1) is 24.1 Å². The third-order valence-electron chi connectivity index (χ3n) is 3.87. The first-order valence-corrected chi connectivity index (χ1v) is 8.83. The van der Waals surface area contributed by atoms with Gasteiger partial charge in [-0.1, -0.05) is 19.9 Å². The van der Waals surface area contributed by atoms with Crippen LogP contribution >= 0.6 is 0 Å². The fourth-order valence-corrected chi connectivity index (χ4v) is 2.51. The lowest BCUT2D eigenvalue weighted by Crippen LogP contribution is -2.23. The first-order valence-electron chi connectivity index (χ1n) is 8.83. The average molecular weight is 365 g/mol. The molecule has 0 aliphatic rings. The maximum Gasteiger partial charge on any atom is 0.253 e. The van der Waals surface area contributed by atoms with Crippen LogP contribution in [0.5, 0.6) is 5.88 Å². The molecule has 1 N–H and O–H groups in total. The second-order valence-corrected chi connectivity index (χ2v) is 6.69. The average Bonchev–Trinajstić information content (AvgIpc) is 3.11. The first kappa shape index (κ1) is 18.6. The summed E-state index contributed by atoms with van der Waals surface area (Å²) in [6.45, 7) is 5.10. The molecule has 0 aliphatic heterocycles. The van der Waals surface area contributed by atoms with E-state index in [-0.39, 0.29) is 5.91 Å². The van der Waals surface area contributed by atoms with Gasteiger partial charge in [0.1, 0.15) is 0 Å². The Bertz CT molecular complexity index is 903. The highest BCUT2D eigenvalue weighted by Gasteiger charge is 2.11. The van der Waals surface area contributed by atoms with Gasteiger partial charge < -0.3 is 10.1 Å². The van der Waals surface area contributed by atoms with Crippen molar-refractivity contribution >= 4 is 5.91 Å². The highest BCUT2D eigenvalue weighted by atomic mass is 16.5. The zero-order valence-electron chi connectivity index (χ0n) is 15.7. The number of carbonyl (C=O) groups excluding carboxylic acids is 1. The van der Waals surface area contributed by atoms with E-state index in [0.717, 1.165) is 16.8 Å². The van der Waals surface area contributed by atoms with E-state index in [9.17, 15) is 4.79 Å². The highest BCUT2D eigenvalue weighted by Crippen LogP contribution is 2.20. The molecule has 0 fully saturated rings. The van der Waals surface area contributed by atoms with Gasteiger partial charge in [-0.3, -0.25) is 14.5 Å². The van der Waals surface area contributed by atoms with Crippen molar-refractivity contribution in [3.05, 3.63) is 60.2 Å². The zero-order valence-corrected chi connectivity index (χ0v) is 15.7. The number of nitrogens with one attached hydrogen (secondary N) is 1. The summed E-state index contributed by atoms with van der Waals surface area (Å²) >= 11 is 0. The molecule has 0 aromatic carbocycles. The fourth-order valence-electron chi connectivity index (χ4n) is 2.51. The van der Waals surface area contributed by atoms with Crippen LogP contribution < -0.4 is 10.1 Å².